The van der Waals surface area contributed by atoms with Crippen LogP contribution in [0, 0.1) is 33.5 Å². The van der Waals surface area contributed by atoms with Crippen LogP contribution >= 0.6 is 0 Å². The van der Waals surface area contributed by atoms with Gasteiger partial charge in [0.1, 0.15) is 23.5 Å². The fourth-order valence-electron chi connectivity index (χ4n) is 9.99. The number of nitrogens with zero attached hydrogens (tertiary/aromatic N) is 1. The van der Waals surface area contributed by atoms with Crippen LogP contribution in [0.1, 0.15) is 80.1 Å². The number of hydrogen-bond donors (Lipinski definition) is 0. The van der Waals surface area contributed by atoms with Crippen LogP contribution in [0.4, 0.5) is 11.4 Å². The molecule has 0 saturated heterocycles. The second-order valence-corrected chi connectivity index (χ2v) is 13.7. The molecule has 0 spiro atoms. The van der Waals surface area contributed by atoms with Crippen LogP contribution in [0.25, 0.3) is 0 Å². The Kier molecular flexibility index (Phi) is 4.48. The molecule has 0 N–H and O–H groups in total. The maximum absolute atomic E-state index is 2.67. The number of hydrogen-bond acceptors (Lipinski definition) is 0. The third-order valence-corrected chi connectivity index (χ3v) is 12.8. The van der Waals surface area contributed by atoms with Gasteiger partial charge in [-0.2, -0.15) is 0 Å². The first-order valence-electron chi connectivity index (χ1n) is 13.6. The number of rotatable bonds is 4. The number of quaternary nitrogens is 1. The van der Waals surface area contributed by atoms with E-state index in [0.29, 0.717) is 33.7 Å². The van der Waals surface area contributed by atoms with Gasteiger partial charge >= 0.3 is 0 Å². The average Bonchev–Trinajstić information content (AvgIpc) is 3.34. The van der Waals surface area contributed by atoms with E-state index in [-0.39, 0.29) is 0 Å². The van der Waals surface area contributed by atoms with Gasteiger partial charge in [0.05, 0.1) is 0 Å². The zero-order valence-electron chi connectivity index (χ0n) is 21.8. The maximum atomic E-state index is 2.67. The summed E-state index contributed by atoms with van der Waals surface area (Å²) in [6.07, 6.45) is 8.33. The summed E-state index contributed by atoms with van der Waals surface area (Å²) in [6, 6.07) is 24.8. The molecule has 1 nitrogen and oxygen atoms in total. The Morgan fingerprint density at radius 3 is 1.21 bits per heavy atom. The van der Waals surface area contributed by atoms with E-state index in [9.17, 15) is 0 Å². The molecule has 33 heavy (non-hydrogen) atoms. The third kappa shape index (κ3) is 2.43. The maximum Gasteiger partial charge on any atom is 0.138 e. The van der Waals surface area contributed by atoms with Gasteiger partial charge in [0, 0.05) is 23.7 Å². The molecule has 4 saturated carbocycles. The fraction of sp³-hybridized carbons (Fsp3) is 0.625. The van der Waals surface area contributed by atoms with Crippen LogP contribution in [0.2, 0.25) is 0 Å². The summed E-state index contributed by atoms with van der Waals surface area (Å²) >= 11 is 0. The van der Waals surface area contributed by atoms with Gasteiger partial charge in [0.15, 0.2) is 0 Å². The monoisotopic (exact) mass is 442 g/mol. The van der Waals surface area contributed by atoms with Crippen molar-refractivity contribution in [3.05, 3.63) is 60.7 Å². The van der Waals surface area contributed by atoms with E-state index in [4.69, 9.17) is 0 Å². The van der Waals surface area contributed by atoms with Crippen molar-refractivity contribution >= 4 is 11.4 Å². The summed E-state index contributed by atoms with van der Waals surface area (Å²) in [4.78, 5) is 0. The molecule has 0 heterocycles. The SMILES string of the molecule is CC1(C)C2CCC1(C)C([N+](c1ccccc1)(c1ccccc1)C1CC3CCC1(C)C3(C)C)C2. The Hall–Kier alpha value is -1.60. The number of fused-ring (bicyclic) bond motifs is 4. The van der Waals surface area contributed by atoms with Gasteiger partial charge in [-0.05, 0) is 72.6 Å². The van der Waals surface area contributed by atoms with Crippen LogP contribution < -0.4 is 4.48 Å². The molecule has 6 rings (SSSR count). The van der Waals surface area contributed by atoms with E-state index in [2.05, 4.69) is 102 Å². The van der Waals surface area contributed by atoms with Crippen molar-refractivity contribution in [2.24, 2.45) is 33.5 Å². The lowest BCUT2D eigenvalue weighted by Crippen LogP contribution is -2.67. The summed E-state index contributed by atoms with van der Waals surface area (Å²) in [5.41, 5.74) is 4.58. The van der Waals surface area contributed by atoms with Gasteiger partial charge < -0.3 is 0 Å². The zero-order chi connectivity index (χ0) is 23.3. The van der Waals surface area contributed by atoms with Crippen LogP contribution in [-0.4, -0.2) is 12.1 Å². The summed E-state index contributed by atoms with van der Waals surface area (Å²) < 4.78 is 1.08. The lowest BCUT2D eigenvalue weighted by atomic mass is 9.64. The first kappa shape index (κ1) is 21.9. The predicted molar refractivity (Wildman–Crippen MR) is 140 cm³/mol. The third-order valence-electron chi connectivity index (χ3n) is 12.8. The predicted octanol–water partition coefficient (Wildman–Crippen LogP) is 8.76. The molecule has 1 heteroatoms. The van der Waals surface area contributed by atoms with Crippen LogP contribution in [-0.2, 0) is 0 Å². The van der Waals surface area contributed by atoms with Crippen molar-refractivity contribution < 1.29 is 0 Å². The van der Waals surface area contributed by atoms with E-state index >= 15 is 0 Å². The molecule has 4 aliphatic carbocycles. The van der Waals surface area contributed by atoms with Gasteiger partial charge in [-0.25, -0.2) is 0 Å². The molecule has 0 amide bonds. The minimum absolute atomic E-state index is 0.353. The molecule has 2 aromatic carbocycles. The highest BCUT2D eigenvalue weighted by Gasteiger charge is 2.75. The molecule has 2 aromatic rings. The van der Waals surface area contributed by atoms with Gasteiger partial charge in [-0.3, -0.25) is 4.48 Å². The topological polar surface area (TPSA) is 0 Å². The minimum atomic E-state index is 0.353. The van der Waals surface area contributed by atoms with Gasteiger partial charge in [0.25, 0.3) is 0 Å². The average molecular weight is 443 g/mol. The first-order valence-corrected chi connectivity index (χ1v) is 13.6. The summed E-state index contributed by atoms with van der Waals surface area (Å²) in [7, 11) is 0. The van der Waals surface area contributed by atoms with Gasteiger partial charge in [-0.15, -0.1) is 0 Å². The lowest BCUT2D eigenvalue weighted by Gasteiger charge is -2.58. The Morgan fingerprint density at radius 1 is 0.576 bits per heavy atom. The van der Waals surface area contributed by atoms with Crippen molar-refractivity contribution in [3.8, 4) is 0 Å². The Bertz CT molecular complexity index is 951. The van der Waals surface area contributed by atoms with Crippen LogP contribution in [0.5, 0.6) is 0 Å². The molecule has 4 bridgehead atoms. The highest BCUT2D eigenvalue weighted by Crippen LogP contribution is 2.74. The molecule has 6 unspecified atom stereocenters. The molecule has 4 aliphatic rings. The normalized spacial score (nSPS) is 40.4. The van der Waals surface area contributed by atoms with Crippen molar-refractivity contribution in [1.29, 1.82) is 0 Å². The van der Waals surface area contributed by atoms with E-state index in [1.165, 1.54) is 49.9 Å². The van der Waals surface area contributed by atoms with Crippen molar-refractivity contribution in [1.82, 2.24) is 4.48 Å². The highest BCUT2D eigenvalue weighted by molar-refractivity contribution is 5.62. The molecular formula is C32H44N+. The zero-order valence-corrected chi connectivity index (χ0v) is 21.8. The molecular weight excluding hydrogens is 398 g/mol. The van der Waals surface area contributed by atoms with E-state index < -0.39 is 0 Å². The van der Waals surface area contributed by atoms with Gasteiger partial charge in [0.2, 0.25) is 0 Å². The van der Waals surface area contributed by atoms with E-state index in [1.54, 1.807) is 0 Å². The van der Waals surface area contributed by atoms with E-state index in [0.717, 1.165) is 16.3 Å². The molecule has 6 atom stereocenters. The summed E-state index contributed by atoms with van der Waals surface area (Å²) in [5, 5.41) is 0. The Morgan fingerprint density at radius 2 is 0.939 bits per heavy atom. The molecule has 176 valence electrons. The van der Waals surface area contributed by atoms with Crippen LogP contribution in [0.15, 0.2) is 60.7 Å². The summed E-state index contributed by atoms with van der Waals surface area (Å²) in [6.45, 7) is 15.7. The lowest BCUT2D eigenvalue weighted by molar-refractivity contribution is 0.00366. The van der Waals surface area contributed by atoms with E-state index in [1.807, 2.05) is 0 Å². The van der Waals surface area contributed by atoms with Crippen molar-refractivity contribution in [3.63, 3.8) is 0 Å². The second kappa shape index (κ2) is 6.75. The van der Waals surface area contributed by atoms with Gasteiger partial charge in [-0.1, -0.05) is 77.9 Å². The standard InChI is InChI=1S/C32H44N/c1-29(2)23-17-19-31(29,5)27(21-23)33(25-13-9-7-10-14-25,26-15-11-8-12-16-26)28-22-24-18-20-32(28,6)30(24,3)4/h7-16,23-24,27-28H,17-22H2,1-6H3/q+1. The molecule has 4 fully saturated rings. The second-order valence-electron chi connectivity index (χ2n) is 13.7. The fourth-order valence-corrected chi connectivity index (χ4v) is 9.99. The van der Waals surface area contributed by atoms with Crippen molar-refractivity contribution in [2.45, 2.75) is 92.2 Å². The molecule has 0 aliphatic heterocycles. The van der Waals surface area contributed by atoms with Crippen molar-refractivity contribution in [2.75, 3.05) is 0 Å². The molecule has 0 radical (unpaired) electrons. The quantitative estimate of drug-likeness (QED) is 0.415. The Balaban J connectivity index is 1.67. The minimum Gasteiger partial charge on any atom is -0.253 e. The first-order chi connectivity index (χ1) is 15.6. The molecule has 0 aromatic heterocycles. The number of para-hydroxylation sites is 2. The Labute approximate surface area is 202 Å². The largest absolute Gasteiger partial charge is 0.253 e. The van der Waals surface area contributed by atoms with Crippen LogP contribution in [0.3, 0.4) is 0 Å². The summed E-state index contributed by atoms with van der Waals surface area (Å²) in [5.74, 6) is 1.69. The number of benzene rings is 2. The highest BCUT2D eigenvalue weighted by atomic mass is 15.4. The smallest absolute Gasteiger partial charge is 0.138 e.